The molecule has 110 valence electrons. The first kappa shape index (κ1) is 13.8. The number of halogens is 1. The van der Waals surface area contributed by atoms with Crippen LogP contribution in [0.3, 0.4) is 0 Å². The van der Waals surface area contributed by atoms with E-state index >= 15 is 0 Å². The molecular weight excluding hydrogens is 273 g/mol. The molecule has 2 aliphatic carbocycles. The summed E-state index contributed by atoms with van der Waals surface area (Å²) in [5.41, 5.74) is 0.772. The highest BCUT2D eigenvalue weighted by Crippen LogP contribution is 2.47. The molecule has 1 fully saturated rings. The van der Waals surface area contributed by atoms with Gasteiger partial charge in [0.15, 0.2) is 0 Å². The zero-order chi connectivity index (χ0) is 15.0. The quantitative estimate of drug-likeness (QED) is 0.826. The zero-order valence-corrected chi connectivity index (χ0v) is 11.3. The average molecular weight is 288 g/mol. The Morgan fingerprint density at radius 1 is 1.14 bits per heavy atom. The number of hydrogen-bond donors (Lipinski definition) is 1. The summed E-state index contributed by atoms with van der Waals surface area (Å²) >= 11 is 0. The monoisotopic (exact) mass is 288 g/mol. The maximum absolute atomic E-state index is 12.8. The van der Waals surface area contributed by atoms with Gasteiger partial charge in [-0.3, -0.25) is 4.79 Å². The molecule has 4 nitrogen and oxygen atoms in total. The van der Waals surface area contributed by atoms with Gasteiger partial charge in [-0.25, -0.2) is 4.39 Å². The van der Waals surface area contributed by atoms with Crippen molar-refractivity contribution in [3.8, 4) is 0 Å². The predicted octanol–water partition coefficient (Wildman–Crippen LogP) is 0.630. The summed E-state index contributed by atoms with van der Waals surface area (Å²) in [5.74, 6) is -3.19. The highest BCUT2D eigenvalue weighted by Gasteiger charge is 2.48. The normalized spacial score (nSPS) is 29.6. The van der Waals surface area contributed by atoms with Gasteiger partial charge in [-0.1, -0.05) is 24.3 Å². The van der Waals surface area contributed by atoms with Crippen LogP contribution in [0, 0.1) is 29.5 Å². The van der Waals surface area contributed by atoms with Gasteiger partial charge in [0.05, 0.1) is 5.92 Å². The summed E-state index contributed by atoms with van der Waals surface area (Å²) in [4.78, 5) is 23.5. The van der Waals surface area contributed by atoms with Crippen LogP contribution in [0.25, 0.3) is 0 Å². The van der Waals surface area contributed by atoms with Gasteiger partial charge in [0, 0.05) is 18.4 Å². The van der Waals surface area contributed by atoms with Crippen molar-refractivity contribution >= 4 is 11.9 Å². The fourth-order valence-electron chi connectivity index (χ4n) is 3.41. The van der Waals surface area contributed by atoms with Gasteiger partial charge in [-0.05, 0) is 36.0 Å². The molecule has 1 amide bonds. The van der Waals surface area contributed by atoms with E-state index in [9.17, 15) is 19.1 Å². The Morgan fingerprint density at radius 3 is 2.38 bits per heavy atom. The number of amides is 1. The molecule has 0 aliphatic heterocycles. The minimum absolute atomic E-state index is 0.0221. The number of nitrogens with one attached hydrogen (secondary N) is 1. The number of carboxylic acid groups (broad SMARTS) is 1. The molecule has 4 atom stereocenters. The maximum atomic E-state index is 12.8. The summed E-state index contributed by atoms with van der Waals surface area (Å²) in [6.07, 6.45) is 4.49. The van der Waals surface area contributed by atoms with Crippen molar-refractivity contribution in [3.05, 3.63) is 47.8 Å². The molecule has 2 bridgehead atoms. The molecule has 1 N–H and O–H groups in total. The molecule has 0 saturated heterocycles. The summed E-state index contributed by atoms with van der Waals surface area (Å²) < 4.78 is 12.8. The van der Waals surface area contributed by atoms with Crippen molar-refractivity contribution in [3.63, 3.8) is 0 Å². The molecule has 3 rings (SSSR count). The molecule has 21 heavy (non-hydrogen) atoms. The SMILES string of the molecule is O=C([O-])[C@@H]1[C@H](C(=O)NCc2ccc(F)cc2)[C@H]2C=C[C@H]1C2. The third-order valence-corrected chi connectivity index (χ3v) is 4.41. The van der Waals surface area contributed by atoms with Crippen LogP contribution in [0.1, 0.15) is 12.0 Å². The average Bonchev–Trinajstić information content (AvgIpc) is 3.06. The Hall–Kier alpha value is -2.17. The van der Waals surface area contributed by atoms with Crippen LogP contribution in [0.4, 0.5) is 4.39 Å². The molecular formula is C16H15FNO3-. The van der Waals surface area contributed by atoms with Crippen molar-refractivity contribution in [2.24, 2.45) is 23.7 Å². The van der Waals surface area contributed by atoms with Gasteiger partial charge in [0.1, 0.15) is 5.82 Å². The van der Waals surface area contributed by atoms with Gasteiger partial charge >= 0.3 is 0 Å². The number of carboxylic acids is 1. The van der Waals surface area contributed by atoms with E-state index in [2.05, 4.69) is 5.32 Å². The van der Waals surface area contributed by atoms with E-state index in [1.54, 1.807) is 12.1 Å². The Morgan fingerprint density at radius 2 is 1.76 bits per heavy atom. The number of carbonyl (C=O) groups is 2. The first-order valence-corrected chi connectivity index (χ1v) is 6.97. The molecule has 5 heteroatoms. The zero-order valence-electron chi connectivity index (χ0n) is 11.3. The van der Waals surface area contributed by atoms with E-state index in [0.717, 1.165) is 5.56 Å². The van der Waals surface area contributed by atoms with Gasteiger partial charge in [-0.15, -0.1) is 0 Å². The Kier molecular flexibility index (Phi) is 3.49. The van der Waals surface area contributed by atoms with Gasteiger partial charge in [0.2, 0.25) is 5.91 Å². The lowest BCUT2D eigenvalue weighted by molar-refractivity contribution is -0.313. The van der Waals surface area contributed by atoms with Crippen LogP contribution in [0.5, 0.6) is 0 Å². The topological polar surface area (TPSA) is 69.2 Å². The van der Waals surface area contributed by atoms with E-state index < -0.39 is 17.8 Å². The van der Waals surface area contributed by atoms with E-state index in [4.69, 9.17) is 0 Å². The van der Waals surface area contributed by atoms with Crippen LogP contribution in [-0.4, -0.2) is 11.9 Å². The standard InChI is InChI=1S/C16H16FNO3/c17-12-5-1-9(2-6-12)8-18-15(19)13-10-3-4-11(7-10)14(13)16(20)21/h1-6,10-11,13-14H,7-8H2,(H,18,19)(H,20,21)/p-1/t10-,11-,13+,14-/m0/s1. The van der Waals surface area contributed by atoms with Crippen LogP contribution < -0.4 is 10.4 Å². The van der Waals surface area contributed by atoms with Crippen LogP contribution in [-0.2, 0) is 16.1 Å². The molecule has 0 unspecified atom stereocenters. The van der Waals surface area contributed by atoms with E-state index in [-0.39, 0.29) is 30.1 Å². The summed E-state index contributed by atoms with van der Waals surface area (Å²) in [7, 11) is 0. The predicted molar refractivity (Wildman–Crippen MR) is 71.0 cm³/mol. The number of allylic oxidation sites excluding steroid dienone is 2. The van der Waals surface area contributed by atoms with Crippen molar-refractivity contribution in [1.82, 2.24) is 5.32 Å². The van der Waals surface area contributed by atoms with Crippen LogP contribution in [0.15, 0.2) is 36.4 Å². The van der Waals surface area contributed by atoms with Crippen molar-refractivity contribution < 1.29 is 19.1 Å². The van der Waals surface area contributed by atoms with Crippen molar-refractivity contribution in [1.29, 1.82) is 0 Å². The van der Waals surface area contributed by atoms with Crippen LogP contribution in [0.2, 0.25) is 0 Å². The molecule has 0 heterocycles. The number of rotatable bonds is 4. The fourth-order valence-corrected chi connectivity index (χ4v) is 3.41. The molecule has 1 aromatic carbocycles. The lowest BCUT2D eigenvalue weighted by atomic mass is 9.82. The Labute approximate surface area is 121 Å². The Bertz CT molecular complexity index is 596. The minimum Gasteiger partial charge on any atom is -0.550 e. The second-order valence-electron chi connectivity index (χ2n) is 5.66. The van der Waals surface area contributed by atoms with Gasteiger partial charge in [-0.2, -0.15) is 0 Å². The number of carbonyl (C=O) groups excluding carboxylic acids is 2. The van der Waals surface area contributed by atoms with Crippen molar-refractivity contribution in [2.75, 3.05) is 0 Å². The van der Waals surface area contributed by atoms with E-state index in [1.165, 1.54) is 12.1 Å². The second kappa shape index (κ2) is 5.31. The molecule has 1 aromatic rings. The largest absolute Gasteiger partial charge is 0.550 e. The number of hydrogen-bond acceptors (Lipinski definition) is 3. The molecule has 0 aromatic heterocycles. The van der Waals surface area contributed by atoms with E-state index in [1.807, 2.05) is 12.2 Å². The number of fused-ring (bicyclic) bond motifs is 2. The van der Waals surface area contributed by atoms with E-state index in [0.29, 0.717) is 6.42 Å². The summed E-state index contributed by atoms with van der Waals surface area (Å²) in [6.45, 7) is 0.260. The highest BCUT2D eigenvalue weighted by atomic mass is 19.1. The lowest BCUT2D eigenvalue weighted by Crippen LogP contribution is -2.44. The maximum Gasteiger partial charge on any atom is 0.224 e. The lowest BCUT2D eigenvalue weighted by Gasteiger charge is -2.27. The molecule has 1 saturated carbocycles. The molecule has 2 aliphatic rings. The first-order chi connectivity index (χ1) is 10.1. The number of benzene rings is 1. The minimum atomic E-state index is -1.16. The Balaban J connectivity index is 1.66. The first-order valence-electron chi connectivity index (χ1n) is 6.97. The highest BCUT2D eigenvalue weighted by molar-refractivity contribution is 5.86. The fraction of sp³-hybridized carbons (Fsp3) is 0.375. The smallest absolute Gasteiger partial charge is 0.224 e. The third kappa shape index (κ3) is 2.55. The summed E-state index contributed by atoms with van der Waals surface area (Å²) in [6, 6.07) is 5.83. The molecule has 0 radical (unpaired) electrons. The number of aliphatic carboxylic acids is 1. The van der Waals surface area contributed by atoms with Gasteiger partial charge < -0.3 is 15.2 Å². The molecule has 0 spiro atoms. The van der Waals surface area contributed by atoms with Gasteiger partial charge in [0.25, 0.3) is 0 Å². The third-order valence-electron chi connectivity index (χ3n) is 4.41. The van der Waals surface area contributed by atoms with Crippen LogP contribution >= 0.6 is 0 Å². The second-order valence-corrected chi connectivity index (χ2v) is 5.66. The van der Waals surface area contributed by atoms with Crippen molar-refractivity contribution in [2.45, 2.75) is 13.0 Å². The summed E-state index contributed by atoms with van der Waals surface area (Å²) in [5, 5.41) is 14.0.